The summed E-state index contributed by atoms with van der Waals surface area (Å²) < 4.78 is 23.6. The molecule has 0 heterocycles. The van der Waals surface area contributed by atoms with Gasteiger partial charge in [-0.25, -0.2) is 4.39 Å². The summed E-state index contributed by atoms with van der Waals surface area (Å²) >= 11 is 0. The molecular weight excluding hydrogens is 261 g/mol. The summed E-state index contributed by atoms with van der Waals surface area (Å²) in [4.78, 5) is 11.6. The van der Waals surface area contributed by atoms with Gasteiger partial charge in [-0.05, 0) is 31.4 Å². The van der Waals surface area contributed by atoms with E-state index in [2.05, 4.69) is 5.32 Å². The Morgan fingerprint density at radius 1 is 1.50 bits per heavy atom. The van der Waals surface area contributed by atoms with Gasteiger partial charge >= 0.3 is 5.97 Å². The van der Waals surface area contributed by atoms with E-state index in [0.29, 0.717) is 30.4 Å². The summed E-state index contributed by atoms with van der Waals surface area (Å²) in [7, 11) is 1.38. The average Bonchev–Trinajstić information content (AvgIpc) is 3.25. The molecule has 0 amide bonds. The number of rotatable bonds is 7. The molecule has 0 spiro atoms. The largest absolute Gasteiger partial charge is 0.493 e. The molecule has 0 aliphatic heterocycles. The lowest BCUT2D eigenvalue weighted by atomic mass is 10.2. The first-order valence-corrected chi connectivity index (χ1v) is 6.83. The summed E-state index contributed by atoms with van der Waals surface area (Å²) in [5, 5.41) is 3.22. The molecule has 5 heteroatoms. The topological polar surface area (TPSA) is 47.6 Å². The van der Waals surface area contributed by atoms with Gasteiger partial charge in [0.2, 0.25) is 0 Å². The van der Waals surface area contributed by atoms with E-state index < -0.39 is 0 Å². The zero-order valence-electron chi connectivity index (χ0n) is 11.8. The molecule has 20 heavy (non-hydrogen) atoms. The second-order valence-electron chi connectivity index (χ2n) is 5.06. The van der Waals surface area contributed by atoms with Crippen LogP contribution in [0.25, 0.3) is 0 Å². The van der Waals surface area contributed by atoms with Crippen LogP contribution in [0.2, 0.25) is 0 Å². The lowest BCUT2D eigenvalue weighted by molar-refractivity contribution is -0.143. The van der Waals surface area contributed by atoms with Crippen LogP contribution in [-0.2, 0) is 9.53 Å². The summed E-state index contributed by atoms with van der Waals surface area (Å²) in [5.74, 6) is -0.0955. The van der Waals surface area contributed by atoms with Crippen molar-refractivity contribution in [3.05, 3.63) is 29.6 Å². The van der Waals surface area contributed by atoms with Crippen LogP contribution < -0.4 is 10.1 Å². The minimum atomic E-state index is -0.359. The van der Waals surface area contributed by atoms with Crippen molar-refractivity contribution in [3.63, 3.8) is 0 Å². The van der Waals surface area contributed by atoms with Crippen molar-refractivity contribution in [1.29, 1.82) is 0 Å². The molecule has 0 radical (unpaired) electrons. The number of methoxy groups -OCH3 is 1. The number of hydrogen-bond acceptors (Lipinski definition) is 4. The minimum absolute atomic E-state index is 0.282. The number of hydrogen-bond donors (Lipinski definition) is 1. The Kier molecular flexibility index (Phi) is 4.95. The van der Waals surface area contributed by atoms with Crippen LogP contribution in [0.15, 0.2) is 18.2 Å². The molecule has 1 N–H and O–H groups in total. The molecular formula is C15H20FNO3. The van der Waals surface area contributed by atoms with Crippen molar-refractivity contribution in [1.82, 2.24) is 5.32 Å². The van der Waals surface area contributed by atoms with E-state index in [0.717, 1.165) is 12.8 Å². The van der Waals surface area contributed by atoms with Gasteiger partial charge in [-0.15, -0.1) is 0 Å². The van der Waals surface area contributed by atoms with E-state index in [9.17, 15) is 9.18 Å². The van der Waals surface area contributed by atoms with E-state index in [-0.39, 0.29) is 17.8 Å². The highest BCUT2D eigenvalue weighted by atomic mass is 19.1. The zero-order valence-corrected chi connectivity index (χ0v) is 11.8. The molecule has 1 aliphatic rings. The quantitative estimate of drug-likeness (QED) is 0.778. The first-order chi connectivity index (χ1) is 9.60. The molecule has 1 fully saturated rings. The van der Waals surface area contributed by atoms with Crippen molar-refractivity contribution >= 4 is 5.97 Å². The molecule has 1 atom stereocenters. The SMILES string of the molecule is COC(=O)C(CCOc1ccc(C)c(F)c1)NC1CC1. The molecule has 0 bridgehead atoms. The van der Waals surface area contributed by atoms with Crippen molar-refractivity contribution < 1.29 is 18.7 Å². The Balaban J connectivity index is 1.82. The van der Waals surface area contributed by atoms with Gasteiger partial charge in [-0.1, -0.05) is 6.07 Å². The van der Waals surface area contributed by atoms with Crippen LogP contribution in [0.4, 0.5) is 4.39 Å². The third kappa shape index (κ3) is 4.20. The third-order valence-corrected chi connectivity index (χ3v) is 3.32. The fourth-order valence-electron chi connectivity index (χ4n) is 1.90. The summed E-state index contributed by atoms with van der Waals surface area (Å²) in [6.45, 7) is 2.04. The van der Waals surface area contributed by atoms with Gasteiger partial charge in [0.25, 0.3) is 0 Å². The third-order valence-electron chi connectivity index (χ3n) is 3.32. The second-order valence-corrected chi connectivity index (χ2v) is 5.06. The highest BCUT2D eigenvalue weighted by Gasteiger charge is 2.28. The lowest BCUT2D eigenvalue weighted by Gasteiger charge is -2.16. The van der Waals surface area contributed by atoms with Crippen molar-refractivity contribution in [3.8, 4) is 5.75 Å². The Morgan fingerprint density at radius 3 is 2.85 bits per heavy atom. The normalized spacial score (nSPS) is 15.8. The molecule has 1 aliphatic carbocycles. The molecule has 1 aromatic rings. The molecule has 1 aromatic carbocycles. The predicted molar refractivity (Wildman–Crippen MR) is 73.2 cm³/mol. The van der Waals surface area contributed by atoms with Gasteiger partial charge in [-0.2, -0.15) is 0 Å². The van der Waals surface area contributed by atoms with Crippen LogP contribution in [0.3, 0.4) is 0 Å². The standard InChI is InChI=1S/C15H20FNO3/c1-10-3-6-12(9-13(10)16)20-8-7-14(15(18)19-2)17-11-4-5-11/h3,6,9,11,14,17H,4-5,7-8H2,1-2H3. The molecule has 110 valence electrons. The van der Waals surface area contributed by atoms with Gasteiger partial charge < -0.3 is 14.8 Å². The fourth-order valence-corrected chi connectivity index (χ4v) is 1.90. The number of benzene rings is 1. The number of carbonyl (C=O) groups is 1. The highest BCUT2D eigenvalue weighted by molar-refractivity contribution is 5.75. The molecule has 4 nitrogen and oxygen atoms in total. The number of aryl methyl sites for hydroxylation is 1. The maximum atomic E-state index is 13.4. The monoisotopic (exact) mass is 281 g/mol. The molecule has 0 saturated heterocycles. The zero-order chi connectivity index (χ0) is 14.5. The lowest BCUT2D eigenvalue weighted by Crippen LogP contribution is -2.40. The maximum Gasteiger partial charge on any atom is 0.322 e. The smallest absolute Gasteiger partial charge is 0.322 e. The van der Waals surface area contributed by atoms with Gasteiger partial charge in [0.1, 0.15) is 17.6 Å². The Labute approximate surface area is 118 Å². The second kappa shape index (κ2) is 6.70. The molecule has 1 saturated carbocycles. The Hall–Kier alpha value is -1.62. The number of esters is 1. The van der Waals surface area contributed by atoms with Gasteiger partial charge in [-0.3, -0.25) is 4.79 Å². The predicted octanol–water partition coefficient (Wildman–Crippen LogP) is 2.20. The van der Waals surface area contributed by atoms with E-state index in [1.807, 2.05) is 0 Å². The summed E-state index contributed by atoms with van der Waals surface area (Å²) in [6, 6.07) is 4.81. The number of ether oxygens (including phenoxy) is 2. The summed E-state index contributed by atoms with van der Waals surface area (Å²) in [6.07, 6.45) is 2.69. The van der Waals surface area contributed by atoms with Gasteiger partial charge in [0, 0.05) is 18.5 Å². The van der Waals surface area contributed by atoms with E-state index in [4.69, 9.17) is 9.47 Å². The first kappa shape index (κ1) is 14.8. The average molecular weight is 281 g/mol. The number of nitrogens with one attached hydrogen (secondary N) is 1. The highest BCUT2D eigenvalue weighted by Crippen LogP contribution is 2.21. The fraction of sp³-hybridized carbons (Fsp3) is 0.533. The summed E-state index contributed by atoms with van der Waals surface area (Å²) in [5.41, 5.74) is 0.584. The Bertz CT molecular complexity index is 474. The van der Waals surface area contributed by atoms with E-state index >= 15 is 0 Å². The first-order valence-electron chi connectivity index (χ1n) is 6.83. The van der Waals surface area contributed by atoms with E-state index in [1.54, 1.807) is 19.1 Å². The van der Waals surface area contributed by atoms with E-state index in [1.165, 1.54) is 13.2 Å². The van der Waals surface area contributed by atoms with Crippen LogP contribution in [0.1, 0.15) is 24.8 Å². The van der Waals surface area contributed by atoms with Gasteiger partial charge in [0.15, 0.2) is 0 Å². The minimum Gasteiger partial charge on any atom is -0.493 e. The maximum absolute atomic E-state index is 13.4. The molecule has 0 aromatic heterocycles. The molecule has 1 unspecified atom stereocenters. The molecule has 2 rings (SSSR count). The van der Waals surface area contributed by atoms with Crippen LogP contribution in [-0.4, -0.2) is 31.8 Å². The van der Waals surface area contributed by atoms with Crippen molar-refractivity contribution in [2.45, 2.75) is 38.3 Å². The Morgan fingerprint density at radius 2 is 2.25 bits per heavy atom. The number of halogens is 1. The van der Waals surface area contributed by atoms with Crippen molar-refractivity contribution in [2.24, 2.45) is 0 Å². The van der Waals surface area contributed by atoms with Crippen LogP contribution in [0, 0.1) is 12.7 Å². The van der Waals surface area contributed by atoms with Crippen molar-refractivity contribution in [2.75, 3.05) is 13.7 Å². The van der Waals surface area contributed by atoms with Crippen LogP contribution in [0.5, 0.6) is 5.75 Å². The van der Waals surface area contributed by atoms with Crippen LogP contribution >= 0.6 is 0 Å². The van der Waals surface area contributed by atoms with Gasteiger partial charge in [0.05, 0.1) is 13.7 Å². The number of carbonyl (C=O) groups excluding carboxylic acids is 1.